The van der Waals surface area contributed by atoms with Crippen molar-refractivity contribution < 1.29 is 62.6 Å². The number of hydrogen-bond acceptors (Lipinski definition) is 16. The molecule has 28 heteroatoms. The molecule has 2 heterocycles. The minimum Gasteiger partial charge on any atom is -0.390 e. The van der Waals surface area contributed by atoms with Crippen LogP contribution >= 0.6 is 0 Å². The number of amides is 11. The maximum absolute atomic E-state index is 15.2. The van der Waals surface area contributed by atoms with E-state index in [2.05, 4.69) is 36.8 Å². The van der Waals surface area contributed by atoms with Crippen LogP contribution in [0.1, 0.15) is 156 Å². The van der Waals surface area contributed by atoms with E-state index in [1.807, 2.05) is 41.5 Å². The quantitative estimate of drug-likeness (QED) is 0.0922. The molecule has 1 fully saturated rings. The highest BCUT2D eigenvalue weighted by atomic mass is 16.5. The highest BCUT2D eigenvalue weighted by molar-refractivity contribution is 5.99. The Morgan fingerprint density at radius 2 is 1.06 bits per heavy atom. The fraction of sp³-hybridized carbons (Fsp3) is 0.785. The fourth-order valence-electron chi connectivity index (χ4n) is 11.5. The van der Waals surface area contributed by atoms with Gasteiger partial charge < -0.3 is 65.4 Å². The van der Waals surface area contributed by atoms with Crippen LogP contribution in [-0.2, 0) is 64.0 Å². The van der Waals surface area contributed by atoms with Crippen molar-refractivity contribution in [3.05, 3.63) is 18.5 Å². The summed E-state index contributed by atoms with van der Waals surface area (Å²) in [6.07, 6.45) is 4.26. The number of ether oxygens (including phenoxy) is 1. The second kappa shape index (κ2) is 38.3. The lowest BCUT2D eigenvalue weighted by atomic mass is 9.91. The zero-order valence-electron chi connectivity index (χ0n) is 60.0. The van der Waals surface area contributed by atoms with Gasteiger partial charge in [-0.2, -0.15) is 0 Å². The van der Waals surface area contributed by atoms with Crippen molar-refractivity contribution in [1.82, 2.24) is 75.8 Å². The third-order valence-corrected chi connectivity index (χ3v) is 17.3. The van der Waals surface area contributed by atoms with E-state index in [9.17, 15) is 43.5 Å². The molecule has 93 heavy (non-hydrogen) atoms. The van der Waals surface area contributed by atoms with Gasteiger partial charge in [-0.05, 0) is 119 Å². The average Bonchev–Trinajstić information content (AvgIpc) is 1.07. The van der Waals surface area contributed by atoms with Crippen LogP contribution in [0.4, 0.5) is 0 Å². The first-order valence-corrected chi connectivity index (χ1v) is 33.0. The lowest BCUT2D eigenvalue weighted by Gasteiger charge is -2.41. The maximum Gasteiger partial charge on any atom is 0.246 e. The average molecular weight is 1310 g/mol. The number of nitrogens with zero attached hydrogens (tertiary/aromatic N) is 11. The predicted octanol–water partition coefficient (Wildman–Crippen LogP) is 2.09. The van der Waals surface area contributed by atoms with Gasteiger partial charge in [0.15, 0.2) is 0 Å². The Morgan fingerprint density at radius 3 is 1.57 bits per heavy atom. The van der Waals surface area contributed by atoms with Gasteiger partial charge in [-0.15, -0.1) is 5.10 Å². The number of carbonyl (C=O) groups excluding carboxylic acids is 11. The third-order valence-electron chi connectivity index (χ3n) is 17.3. The first kappa shape index (κ1) is 82.0. The molecular formula is C65H115N15O13. The number of aliphatic hydroxyl groups is 1. The van der Waals surface area contributed by atoms with E-state index < -0.39 is 162 Å². The van der Waals surface area contributed by atoms with Crippen molar-refractivity contribution in [2.45, 2.75) is 235 Å². The van der Waals surface area contributed by atoms with Crippen LogP contribution in [-0.4, -0.2) is 260 Å². The van der Waals surface area contributed by atoms with Crippen LogP contribution in [0, 0.1) is 35.5 Å². The molecule has 1 aromatic rings. The molecule has 0 unspecified atom stereocenters. The Bertz CT molecular complexity index is 2670. The van der Waals surface area contributed by atoms with Crippen LogP contribution in [0.2, 0.25) is 0 Å². The largest absolute Gasteiger partial charge is 0.390 e. The predicted molar refractivity (Wildman–Crippen MR) is 351 cm³/mol. The molecule has 0 radical (unpaired) electrons. The molecular weight excluding hydrogens is 1200 g/mol. The van der Waals surface area contributed by atoms with E-state index in [4.69, 9.17) is 4.74 Å². The molecule has 5 N–H and O–H groups in total. The molecule has 0 spiro atoms. The molecule has 11 amide bonds. The summed E-state index contributed by atoms with van der Waals surface area (Å²) in [5.41, 5.74) is 0. The van der Waals surface area contributed by atoms with Gasteiger partial charge in [0.25, 0.3) is 0 Å². The maximum atomic E-state index is 15.2. The van der Waals surface area contributed by atoms with Crippen molar-refractivity contribution in [3.63, 3.8) is 0 Å². The summed E-state index contributed by atoms with van der Waals surface area (Å²) < 4.78 is 7.78. The number of allylic oxidation sites excluding steroid dienone is 2. The molecule has 0 saturated carbocycles. The Morgan fingerprint density at radius 1 is 0.559 bits per heavy atom. The second-order valence-corrected chi connectivity index (χ2v) is 27.2. The van der Waals surface area contributed by atoms with Crippen LogP contribution in [0.3, 0.4) is 0 Å². The smallest absolute Gasteiger partial charge is 0.246 e. The van der Waals surface area contributed by atoms with E-state index >= 15 is 14.4 Å². The highest BCUT2D eigenvalue weighted by Crippen LogP contribution is 2.26. The third kappa shape index (κ3) is 23.4. The van der Waals surface area contributed by atoms with Crippen LogP contribution in [0.5, 0.6) is 0 Å². The minimum absolute atomic E-state index is 0.0139. The highest BCUT2D eigenvalue weighted by Gasteiger charge is 2.46. The van der Waals surface area contributed by atoms with E-state index in [-0.39, 0.29) is 50.0 Å². The summed E-state index contributed by atoms with van der Waals surface area (Å²) in [7, 11) is 9.78. The van der Waals surface area contributed by atoms with E-state index in [1.54, 1.807) is 72.2 Å². The van der Waals surface area contributed by atoms with Crippen molar-refractivity contribution in [2.24, 2.45) is 35.5 Å². The summed E-state index contributed by atoms with van der Waals surface area (Å²) in [6, 6.07) is -13.0. The van der Waals surface area contributed by atoms with Gasteiger partial charge in [-0.1, -0.05) is 95.2 Å². The zero-order chi connectivity index (χ0) is 71.2. The number of tetrazole rings is 1. The number of rotatable bonds is 20. The van der Waals surface area contributed by atoms with Gasteiger partial charge in [-0.3, -0.25) is 52.7 Å². The van der Waals surface area contributed by atoms with Gasteiger partial charge in [0, 0.05) is 62.5 Å². The number of carbonyl (C=O) groups is 11. The topological polar surface area (TPSA) is 332 Å². The molecule has 0 bridgehead atoms. The molecule has 2 rings (SSSR count). The van der Waals surface area contributed by atoms with Crippen LogP contribution in [0.25, 0.3) is 0 Å². The Labute approximate surface area is 552 Å². The molecule has 1 aliphatic rings. The molecule has 528 valence electrons. The Hall–Kier alpha value is -7.10. The van der Waals surface area contributed by atoms with E-state index in [1.165, 1.54) is 89.1 Å². The van der Waals surface area contributed by atoms with Crippen molar-refractivity contribution in [1.29, 1.82) is 0 Å². The summed E-state index contributed by atoms with van der Waals surface area (Å²) >= 11 is 0. The normalized spacial score (nSPS) is 25.9. The monoisotopic (exact) mass is 1310 g/mol. The molecule has 0 aliphatic carbocycles. The van der Waals surface area contributed by atoms with Gasteiger partial charge in [0.05, 0.1) is 18.8 Å². The molecule has 0 aromatic carbocycles. The lowest BCUT2D eigenvalue weighted by molar-refractivity contribution is -0.157. The summed E-state index contributed by atoms with van der Waals surface area (Å²) in [4.78, 5) is 170. The zero-order valence-corrected chi connectivity index (χ0v) is 60.0. The first-order valence-electron chi connectivity index (χ1n) is 33.0. The molecule has 1 aromatic heterocycles. The lowest BCUT2D eigenvalue weighted by Crippen LogP contribution is -2.63. The minimum atomic E-state index is -1.64. The van der Waals surface area contributed by atoms with Gasteiger partial charge >= 0.3 is 0 Å². The number of likely N-dealkylation sites (N-methyl/N-ethyl adjacent to an activating group) is 7. The van der Waals surface area contributed by atoms with E-state index in [0.717, 1.165) is 14.7 Å². The number of aryl methyl sites for hydroxylation is 1. The van der Waals surface area contributed by atoms with Gasteiger partial charge in [0.2, 0.25) is 65.0 Å². The number of aromatic nitrogens is 4. The van der Waals surface area contributed by atoms with Gasteiger partial charge in [0.1, 0.15) is 66.7 Å². The number of unbranched alkanes of at least 4 members (excludes halogenated alkanes) is 1. The number of hydrogen-bond donors (Lipinski definition) is 5. The summed E-state index contributed by atoms with van der Waals surface area (Å²) in [5.74, 6) is -10.2. The van der Waals surface area contributed by atoms with Crippen molar-refractivity contribution in [3.8, 4) is 0 Å². The SMILES string of the molecule is C/C=C/C[C@@H](C)[C@@H](O)[C@H]1C(=O)N[C@@H](CC)C(=O)N(C)CC(=O)N(C)[C@@H]([C@@H](C)OCCCCn2cnnn2)C(=O)N[C@@H](C(C)C)C(=O)N(C)[C@@H](CC(C)C)C(=O)N[C@@H](C)C(=O)N[C@H](C)C(=O)N(C)[C@@H](CC(C)C)C(=O)N(C)[C@@H](CC(C)C)C(=O)N(C)[C@@H](C(C)C)C(=O)N1C. The standard InChI is InChI=1S/C65H115N15O13/c1-24-26-29-42(13)55(82)54-59(86)69-46(25-2)61(88)73(17)35-50(81)77(21)53(45(16)93-31-28-27-30-80-36-66-71-72-80)58(85)70-51(40(9)10)64(91)74(18)47(32-37(3)4)57(84)67-43(14)56(83)68-44(15)60(87)75(19)48(33-38(5)6)62(89)76(20)49(34-39(7)8)63(90)78(22)52(41(11)12)65(92)79(54)23/h24,26,36-49,51-55,82H,25,27-35H2,1-23H3,(H,67,84)(H,68,83)(H,69,86)(H,70,85)/b26-24+/t42-,43+,44-,45-,46+,47+,48+,49+,51+,52+,53+,54+,55-/m1/s1. The first-order chi connectivity index (χ1) is 43.3. The fourth-order valence-corrected chi connectivity index (χ4v) is 11.5. The van der Waals surface area contributed by atoms with Crippen molar-refractivity contribution >= 4 is 65.0 Å². The van der Waals surface area contributed by atoms with E-state index in [0.29, 0.717) is 25.8 Å². The van der Waals surface area contributed by atoms with Crippen LogP contribution < -0.4 is 21.3 Å². The number of aliphatic hydroxyl groups excluding tert-OH is 1. The summed E-state index contributed by atoms with van der Waals surface area (Å²) in [5, 5.41) is 34.3. The number of nitrogens with one attached hydrogen (secondary N) is 4. The van der Waals surface area contributed by atoms with Gasteiger partial charge in [-0.25, -0.2) is 4.68 Å². The Kier molecular flexibility index (Phi) is 33.8. The molecule has 1 aliphatic heterocycles. The van der Waals surface area contributed by atoms with Crippen LogP contribution in [0.15, 0.2) is 18.5 Å². The summed E-state index contributed by atoms with van der Waals surface area (Å²) in [6.45, 7) is 27.6. The van der Waals surface area contributed by atoms with Crippen molar-refractivity contribution in [2.75, 3.05) is 62.5 Å². The molecule has 28 nitrogen and oxygen atoms in total. The second-order valence-electron chi connectivity index (χ2n) is 27.2. The Balaban J connectivity index is 2.98. The molecule has 13 atom stereocenters. The molecule has 1 saturated heterocycles.